The molecule has 0 bridgehead atoms. The van der Waals surface area contributed by atoms with Gasteiger partial charge in [0, 0.05) is 18.8 Å². The molecule has 1 aromatic rings. The molecule has 0 aromatic carbocycles. The van der Waals surface area contributed by atoms with Crippen LogP contribution in [0.5, 0.6) is 0 Å². The van der Waals surface area contributed by atoms with Crippen molar-refractivity contribution in [3.05, 3.63) is 17.2 Å². The molecule has 1 aliphatic heterocycles. The summed E-state index contributed by atoms with van der Waals surface area (Å²) in [6, 6.07) is 0. The highest BCUT2D eigenvalue weighted by Gasteiger charge is 2.22. The van der Waals surface area contributed by atoms with E-state index in [1.54, 1.807) is 0 Å². The van der Waals surface area contributed by atoms with Crippen LogP contribution >= 0.6 is 0 Å². The lowest BCUT2D eigenvalue weighted by atomic mass is 9.96. The van der Waals surface area contributed by atoms with E-state index >= 15 is 0 Å². The molecular weight excluding hydrogens is 162 g/mol. The van der Waals surface area contributed by atoms with E-state index < -0.39 is 0 Å². The molecule has 72 valence electrons. The number of hydrogen-bond acceptors (Lipinski definition) is 2. The maximum Gasteiger partial charge on any atom is 0.106 e. The van der Waals surface area contributed by atoms with Gasteiger partial charge >= 0.3 is 0 Å². The second kappa shape index (κ2) is 3.14. The normalized spacial score (nSPS) is 21.6. The number of hydrogen-bond donors (Lipinski definition) is 1. The predicted molar refractivity (Wildman–Crippen MR) is 52.5 cm³/mol. The number of imidazole rings is 1. The highest BCUT2D eigenvalue weighted by Crippen LogP contribution is 2.30. The Morgan fingerprint density at radius 2 is 2.38 bits per heavy atom. The number of nitrogens with two attached hydrogens (primary N) is 1. The Bertz CT molecular complexity index is 314. The lowest BCUT2D eigenvalue weighted by Crippen LogP contribution is -2.16. The Labute approximate surface area is 79.0 Å². The summed E-state index contributed by atoms with van der Waals surface area (Å²) in [5, 5.41) is 0. The second-order valence-corrected chi connectivity index (χ2v) is 3.89. The molecule has 0 radical (unpaired) electrons. The predicted octanol–water partition coefficient (Wildman–Crippen LogP) is 1.55. The van der Waals surface area contributed by atoms with Crippen molar-refractivity contribution in [1.82, 2.24) is 9.55 Å². The van der Waals surface area contributed by atoms with Crippen molar-refractivity contribution in [2.24, 2.45) is 5.73 Å². The second-order valence-electron chi connectivity index (χ2n) is 3.89. The lowest BCUT2D eigenvalue weighted by Gasteiger charge is -2.22. The van der Waals surface area contributed by atoms with Crippen LogP contribution in [0.1, 0.15) is 42.9 Å². The van der Waals surface area contributed by atoms with Gasteiger partial charge in [0.05, 0.1) is 5.69 Å². The molecule has 13 heavy (non-hydrogen) atoms. The van der Waals surface area contributed by atoms with Gasteiger partial charge in [-0.25, -0.2) is 4.98 Å². The van der Waals surface area contributed by atoms with Crippen molar-refractivity contribution in [2.45, 2.75) is 45.7 Å². The first-order valence-corrected chi connectivity index (χ1v) is 5.00. The van der Waals surface area contributed by atoms with Crippen molar-refractivity contribution in [3.63, 3.8) is 0 Å². The number of aromatic nitrogens is 2. The fourth-order valence-corrected chi connectivity index (χ4v) is 2.32. The zero-order chi connectivity index (χ0) is 9.42. The molecule has 1 atom stereocenters. The molecule has 3 nitrogen and oxygen atoms in total. The third kappa shape index (κ3) is 1.27. The Hall–Kier alpha value is -0.830. The minimum Gasteiger partial charge on any atom is -0.332 e. The smallest absolute Gasteiger partial charge is 0.106 e. The highest BCUT2D eigenvalue weighted by molar-refractivity contribution is 5.22. The zero-order valence-electron chi connectivity index (χ0n) is 8.38. The Balaban J connectivity index is 2.52. The molecule has 0 spiro atoms. The monoisotopic (exact) mass is 179 g/mol. The summed E-state index contributed by atoms with van der Waals surface area (Å²) in [4.78, 5) is 4.50. The Morgan fingerprint density at radius 1 is 1.62 bits per heavy atom. The van der Waals surface area contributed by atoms with Gasteiger partial charge in [0.2, 0.25) is 0 Å². The van der Waals surface area contributed by atoms with Crippen LogP contribution in [0.25, 0.3) is 0 Å². The van der Waals surface area contributed by atoms with Crippen molar-refractivity contribution >= 4 is 0 Å². The van der Waals surface area contributed by atoms with Gasteiger partial charge in [0.25, 0.3) is 0 Å². The van der Waals surface area contributed by atoms with Crippen LogP contribution < -0.4 is 5.73 Å². The molecule has 2 N–H and O–H groups in total. The van der Waals surface area contributed by atoms with Crippen molar-refractivity contribution < 1.29 is 0 Å². The van der Waals surface area contributed by atoms with Crippen LogP contribution in [0.3, 0.4) is 0 Å². The van der Waals surface area contributed by atoms with E-state index in [2.05, 4.69) is 23.4 Å². The molecule has 2 heterocycles. The lowest BCUT2D eigenvalue weighted by molar-refractivity contribution is 0.465. The van der Waals surface area contributed by atoms with Gasteiger partial charge in [-0.05, 0) is 25.7 Å². The van der Waals surface area contributed by atoms with Gasteiger partial charge in [-0.3, -0.25) is 0 Å². The molecule has 0 saturated carbocycles. The average Bonchev–Trinajstić information content (AvgIpc) is 2.45. The minimum absolute atomic E-state index is 0.577. The summed E-state index contributed by atoms with van der Waals surface area (Å²) in [5.41, 5.74) is 8.16. The SMILES string of the molecule is Cc1nc(CN)c2n1CCCC2C. The van der Waals surface area contributed by atoms with E-state index in [-0.39, 0.29) is 0 Å². The van der Waals surface area contributed by atoms with Crippen LogP contribution in [-0.4, -0.2) is 9.55 Å². The third-order valence-corrected chi connectivity index (χ3v) is 2.95. The summed E-state index contributed by atoms with van der Waals surface area (Å²) in [6.07, 6.45) is 2.55. The number of rotatable bonds is 1. The highest BCUT2D eigenvalue weighted by atomic mass is 15.1. The zero-order valence-corrected chi connectivity index (χ0v) is 8.38. The van der Waals surface area contributed by atoms with Gasteiger partial charge in [-0.1, -0.05) is 6.92 Å². The summed E-state index contributed by atoms with van der Waals surface area (Å²) < 4.78 is 2.33. The Morgan fingerprint density at radius 3 is 3.08 bits per heavy atom. The van der Waals surface area contributed by atoms with Gasteiger partial charge in [0.15, 0.2) is 0 Å². The first kappa shape index (κ1) is 8.75. The van der Waals surface area contributed by atoms with Crippen molar-refractivity contribution in [2.75, 3.05) is 0 Å². The molecule has 2 rings (SSSR count). The standard InChI is InChI=1S/C10H17N3/c1-7-4-3-5-13-8(2)12-9(6-11)10(7)13/h7H,3-6,11H2,1-2H3. The van der Waals surface area contributed by atoms with Crippen LogP contribution in [0.2, 0.25) is 0 Å². The van der Waals surface area contributed by atoms with Crippen LogP contribution in [-0.2, 0) is 13.1 Å². The van der Waals surface area contributed by atoms with Crippen molar-refractivity contribution in [1.29, 1.82) is 0 Å². The molecule has 0 amide bonds. The molecular formula is C10H17N3. The Kier molecular flexibility index (Phi) is 2.12. The summed E-state index contributed by atoms with van der Waals surface area (Å²) in [7, 11) is 0. The number of aryl methyl sites for hydroxylation is 1. The quantitative estimate of drug-likeness (QED) is 0.710. The maximum absolute atomic E-state index is 5.67. The summed E-state index contributed by atoms with van der Waals surface area (Å²) in [6.45, 7) is 6.04. The fourth-order valence-electron chi connectivity index (χ4n) is 2.32. The first-order chi connectivity index (χ1) is 6.24. The van der Waals surface area contributed by atoms with E-state index in [0.717, 1.165) is 18.1 Å². The van der Waals surface area contributed by atoms with Crippen LogP contribution in [0.15, 0.2) is 0 Å². The minimum atomic E-state index is 0.577. The third-order valence-electron chi connectivity index (χ3n) is 2.95. The van der Waals surface area contributed by atoms with E-state index in [0.29, 0.717) is 12.5 Å². The van der Waals surface area contributed by atoms with Gasteiger partial charge < -0.3 is 10.3 Å². The van der Waals surface area contributed by atoms with Gasteiger partial charge in [-0.2, -0.15) is 0 Å². The van der Waals surface area contributed by atoms with Crippen LogP contribution in [0, 0.1) is 6.92 Å². The molecule has 0 aliphatic carbocycles. The van der Waals surface area contributed by atoms with E-state index in [1.165, 1.54) is 18.5 Å². The average molecular weight is 179 g/mol. The molecule has 3 heteroatoms. The fraction of sp³-hybridized carbons (Fsp3) is 0.700. The molecule has 1 aromatic heterocycles. The number of nitrogens with zero attached hydrogens (tertiary/aromatic N) is 2. The molecule has 1 aliphatic rings. The largest absolute Gasteiger partial charge is 0.332 e. The van der Waals surface area contributed by atoms with E-state index in [1.807, 2.05) is 0 Å². The molecule has 0 saturated heterocycles. The van der Waals surface area contributed by atoms with E-state index in [9.17, 15) is 0 Å². The first-order valence-electron chi connectivity index (χ1n) is 5.00. The molecule has 0 fully saturated rings. The number of fused-ring (bicyclic) bond motifs is 1. The summed E-state index contributed by atoms with van der Waals surface area (Å²) >= 11 is 0. The molecule has 1 unspecified atom stereocenters. The maximum atomic E-state index is 5.67. The van der Waals surface area contributed by atoms with E-state index in [4.69, 9.17) is 5.73 Å². The van der Waals surface area contributed by atoms with Crippen LogP contribution in [0.4, 0.5) is 0 Å². The topological polar surface area (TPSA) is 43.8 Å². The summed E-state index contributed by atoms with van der Waals surface area (Å²) in [5.74, 6) is 1.76. The van der Waals surface area contributed by atoms with Gasteiger partial charge in [0.1, 0.15) is 5.82 Å². The van der Waals surface area contributed by atoms with Crippen molar-refractivity contribution in [3.8, 4) is 0 Å². The van der Waals surface area contributed by atoms with Gasteiger partial charge in [-0.15, -0.1) is 0 Å².